The van der Waals surface area contributed by atoms with Crippen molar-refractivity contribution in [3.63, 3.8) is 0 Å². The van der Waals surface area contributed by atoms with Crippen LogP contribution < -0.4 is 4.72 Å². The molecule has 2 rings (SSSR count). The molecule has 0 aliphatic carbocycles. The Labute approximate surface area is 136 Å². The fourth-order valence-corrected chi connectivity index (χ4v) is 5.16. The van der Waals surface area contributed by atoms with Crippen LogP contribution in [0.4, 0.5) is 0 Å². The summed E-state index contributed by atoms with van der Waals surface area (Å²) in [5.41, 5.74) is 0.962. The van der Waals surface area contributed by atoms with Crippen LogP contribution in [0.15, 0.2) is 41.3 Å². The topological polar surface area (TPSA) is 49.4 Å². The minimum absolute atomic E-state index is 0.277. The van der Waals surface area contributed by atoms with Crippen molar-refractivity contribution in [3.8, 4) is 0 Å². The zero-order chi connectivity index (χ0) is 16.3. The molecule has 4 nitrogen and oxygen atoms in total. The number of nitrogens with zero attached hydrogens (tertiary/aromatic N) is 1. The lowest BCUT2D eigenvalue weighted by molar-refractivity contribution is 0.363. The first-order valence-corrected chi connectivity index (χ1v) is 9.38. The van der Waals surface area contributed by atoms with Crippen molar-refractivity contribution in [2.24, 2.45) is 0 Å². The molecule has 0 aliphatic rings. The molecule has 1 aromatic heterocycles. The van der Waals surface area contributed by atoms with E-state index in [1.807, 2.05) is 63.2 Å². The third-order valence-corrected chi connectivity index (χ3v) is 6.03. The molecule has 0 radical (unpaired) electrons. The standard InChI is InChI=1S/C16H22N2O2S2/c1-12-10-16(13(2)21-12)22(19,20)17-15(11-18(3)4)14-8-6-5-7-9-14/h5-10,15,17H,11H2,1-4H3. The monoisotopic (exact) mass is 338 g/mol. The van der Waals surface area contributed by atoms with Gasteiger partial charge in [0.15, 0.2) is 0 Å². The first kappa shape index (κ1) is 17.1. The smallest absolute Gasteiger partial charge is 0.242 e. The summed E-state index contributed by atoms with van der Waals surface area (Å²) in [5, 5.41) is 0. The maximum Gasteiger partial charge on any atom is 0.242 e. The van der Waals surface area contributed by atoms with Crippen LogP contribution in [0, 0.1) is 13.8 Å². The molecule has 1 unspecified atom stereocenters. The number of hydrogen-bond donors (Lipinski definition) is 1. The van der Waals surface area contributed by atoms with Crippen LogP contribution in [0.5, 0.6) is 0 Å². The third-order valence-electron chi connectivity index (χ3n) is 3.33. The van der Waals surface area contributed by atoms with E-state index >= 15 is 0 Å². The molecule has 2 aromatic rings. The second-order valence-electron chi connectivity index (χ2n) is 5.62. The quantitative estimate of drug-likeness (QED) is 0.881. The number of likely N-dealkylation sites (N-methyl/N-ethyl adjacent to an activating group) is 1. The molecule has 0 fully saturated rings. The van der Waals surface area contributed by atoms with Gasteiger partial charge in [-0.15, -0.1) is 11.3 Å². The minimum atomic E-state index is -3.53. The normalized spacial score (nSPS) is 13.5. The van der Waals surface area contributed by atoms with E-state index in [9.17, 15) is 8.42 Å². The fourth-order valence-electron chi connectivity index (χ4n) is 2.39. The maximum absolute atomic E-state index is 12.7. The summed E-state index contributed by atoms with van der Waals surface area (Å²) in [7, 11) is 0.340. The highest BCUT2D eigenvalue weighted by Gasteiger charge is 2.24. The maximum atomic E-state index is 12.7. The number of nitrogens with one attached hydrogen (secondary N) is 1. The Morgan fingerprint density at radius 1 is 1.18 bits per heavy atom. The number of sulfonamides is 1. The average Bonchev–Trinajstić information content (AvgIpc) is 2.78. The molecule has 120 valence electrons. The van der Waals surface area contributed by atoms with Crippen LogP contribution in [-0.4, -0.2) is 34.0 Å². The Hall–Kier alpha value is -1.21. The van der Waals surface area contributed by atoms with Gasteiger partial charge in [0.05, 0.1) is 10.9 Å². The zero-order valence-corrected chi connectivity index (χ0v) is 15.0. The summed E-state index contributed by atoms with van der Waals surface area (Å²) in [6, 6.07) is 11.1. The molecule has 0 spiro atoms. The molecule has 1 N–H and O–H groups in total. The van der Waals surface area contributed by atoms with E-state index in [4.69, 9.17) is 0 Å². The van der Waals surface area contributed by atoms with Gasteiger partial charge in [-0.3, -0.25) is 0 Å². The molecule has 1 atom stereocenters. The second kappa shape index (κ2) is 6.91. The third kappa shape index (κ3) is 4.16. The summed E-state index contributed by atoms with van der Waals surface area (Å²) < 4.78 is 28.3. The van der Waals surface area contributed by atoms with Crippen molar-refractivity contribution >= 4 is 21.4 Å². The lowest BCUT2D eigenvalue weighted by Crippen LogP contribution is -2.35. The molecule has 0 amide bonds. The number of hydrogen-bond acceptors (Lipinski definition) is 4. The summed E-state index contributed by atoms with van der Waals surface area (Å²) in [5.74, 6) is 0. The largest absolute Gasteiger partial charge is 0.307 e. The summed E-state index contributed by atoms with van der Waals surface area (Å²) in [6.07, 6.45) is 0. The van der Waals surface area contributed by atoms with Gasteiger partial charge in [0.25, 0.3) is 0 Å². The van der Waals surface area contributed by atoms with E-state index in [2.05, 4.69) is 4.72 Å². The van der Waals surface area contributed by atoms with E-state index in [0.29, 0.717) is 11.4 Å². The molecule has 1 heterocycles. The van der Waals surface area contributed by atoms with Crippen LogP contribution in [0.2, 0.25) is 0 Å². The van der Waals surface area contributed by atoms with Gasteiger partial charge in [-0.2, -0.15) is 0 Å². The predicted octanol–water partition coefficient (Wildman–Crippen LogP) is 2.95. The molecule has 6 heteroatoms. The van der Waals surface area contributed by atoms with Gasteiger partial charge in [0.1, 0.15) is 0 Å². The number of aryl methyl sites for hydroxylation is 2. The van der Waals surface area contributed by atoms with E-state index in [1.54, 1.807) is 6.07 Å². The summed E-state index contributed by atoms with van der Waals surface area (Å²) in [6.45, 7) is 4.37. The molecule has 22 heavy (non-hydrogen) atoms. The van der Waals surface area contributed by atoms with Crippen molar-refractivity contribution in [1.82, 2.24) is 9.62 Å². The summed E-state index contributed by atoms with van der Waals surface area (Å²) >= 11 is 1.50. The second-order valence-corrected chi connectivity index (χ2v) is 8.77. The van der Waals surface area contributed by atoms with Crippen LogP contribution in [0.25, 0.3) is 0 Å². The van der Waals surface area contributed by atoms with Crippen LogP contribution in [-0.2, 0) is 10.0 Å². The van der Waals surface area contributed by atoms with E-state index in [-0.39, 0.29) is 6.04 Å². The first-order chi connectivity index (χ1) is 10.3. The zero-order valence-electron chi connectivity index (χ0n) is 13.3. The number of thiophene rings is 1. The molecule has 0 saturated carbocycles. The highest BCUT2D eigenvalue weighted by molar-refractivity contribution is 7.89. The van der Waals surface area contributed by atoms with Gasteiger partial charge in [0.2, 0.25) is 10.0 Å². The van der Waals surface area contributed by atoms with Crippen LogP contribution in [0.1, 0.15) is 21.4 Å². The molecule has 0 saturated heterocycles. The Morgan fingerprint density at radius 2 is 1.82 bits per heavy atom. The number of benzene rings is 1. The molecular formula is C16H22N2O2S2. The molecule has 0 bridgehead atoms. The fraction of sp³-hybridized carbons (Fsp3) is 0.375. The van der Waals surface area contributed by atoms with Crippen molar-refractivity contribution < 1.29 is 8.42 Å². The van der Waals surface area contributed by atoms with Crippen molar-refractivity contribution in [3.05, 3.63) is 51.7 Å². The summed E-state index contributed by atoms with van der Waals surface area (Å²) in [4.78, 5) is 4.18. The van der Waals surface area contributed by atoms with Crippen LogP contribution in [0.3, 0.4) is 0 Å². The van der Waals surface area contributed by atoms with Crippen molar-refractivity contribution in [1.29, 1.82) is 0 Å². The lowest BCUT2D eigenvalue weighted by atomic mass is 10.1. The van der Waals surface area contributed by atoms with Gasteiger partial charge in [-0.1, -0.05) is 30.3 Å². The first-order valence-electron chi connectivity index (χ1n) is 7.08. The Morgan fingerprint density at radius 3 is 2.32 bits per heavy atom. The molecule has 1 aromatic carbocycles. The van der Waals surface area contributed by atoms with Gasteiger partial charge in [-0.05, 0) is 39.6 Å². The average molecular weight is 338 g/mol. The van der Waals surface area contributed by atoms with Gasteiger partial charge < -0.3 is 4.90 Å². The molecular weight excluding hydrogens is 316 g/mol. The van der Waals surface area contributed by atoms with Crippen molar-refractivity contribution in [2.75, 3.05) is 20.6 Å². The van der Waals surface area contributed by atoms with Crippen molar-refractivity contribution in [2.45, 2.75) is 24.8 Å². The minimum Gasteiger partial charge on any atom is -0.307 e. The lowest BCUT2D eigenvalue weighted by Gasteiger charge is -2.22. The van der Waals surface area contributed by atoms with Gasteiger partial charge in [-0.25, -0.2) is 13.1 Å². The van der Waals surface area contributed by atoms with Crippen LogP contribution >= 0.6 is 11.3 Å². The SMILES string of the molecule is Cc1cc(S(=O)(=O)NC(CN(C)C)c2ccccc2)c(C)s1. The molecule has 0 aliphatic heterocycles. The Kier molecular flexibility index (Phi) is 5.39. The van der Waals surface area contributed by atoms with Gasteiger partial charge in [0, 0.05) is 16.3 Å². The Bertz CT molecular complexity index is 722. The highest BCUT2D eigenvalue weighted by atomic mass is 32.2. The van der Waals surface area contributed by atoms with E-state index in [0.717, 1.165) is 15.3 Å². The van der Waals surface area contributed by atoms with Gasteiger partial charge >= 0.3 is 0 Å². The number of rotatable bonds is 6. The van der Waals surface area contributed by atoms with E-state index < -0.39 is 10.0 Å². The van der Waals surface area contributed by atoms with E-state index in [1.165, 1.54) is 11.3 Å². The predicted molar refractivity (Wildman–Crippen MR) is 91.9 cm³/mol. The Balaban J connectivity index is 2.32. The highest BCUT2D eigenvalue weighted by Crippen LogP contribution is 2.26.